The van der Waals surface area contributed by atoms with E-state index in [0.717, 1.165) is 25.2 Å². The Kier molecular flexibility index (Phi) is 6.93. The second kappa shape index (κ2) is 9.79. The van der Waals surface area contributed by atoms with Crippen LogP contribution >= 0.6 is 0 Å². The van der Waals surface area contributed by atoms with Gasteiger partial charge in [0.05, 0.1) is 24.0 Å². The van der Waals surface area contributed by atoms with Crippen molar-refractivity contribution in [1.29, 1.82) is 0 Å². The summed E-state index contributed by atoms with van der Waals surface area (Å²) in [6.07, 6.45) is 5.20. The minimum absolute atomic E-state index is 0.00397. The lowest BCUT2D eigenvalue weighted by molar-refractivity contribution is -0.303. The monoisotopic (exact) mass is 492 g/mol. The Bertz CT molecular complexity index is 1290. The zero-order valence-electron chi connectivity index (χ0n) is 20.9. The summed E-state index contributed by atoms with van der Waals surface area (Å²) in [6.45, 7) is 8.02. The minimum atomic E-state index is -2.69. The van der Waals surface area contributed by atoms with Gasteiger partial charge in [-0.15, -0.1) is 0 Å². The van der Waals surface area contributed by atoms with Gasteiger partial charge < -0.3 is 30.7 Å². The molecule has 0 aliphatic carbocycles. The van der Waals surface area contributed by atoms with Crippen molar-refractivity contribution in [2.45, 2.75) is 38.4 Å². The quantitative estimate of drug-likeness (QED) is 0.305. The van der Waals surface area contributed by atoms with Crippen LogP contribution in [0.3, 0.4) is 0 Å². The summed E-state index contributed by atoms with van der Waals surface area (Å²) < 4.78 is 5.52. The fourth-order valence-corrected chi connectivity index (χ4v) is 3.97. The van der Waals surface area contributed by atoms with E-state index in [-0.39, 0.29) is 17.1 Å². The van der Waals surface area contributed by atoms with Gasteiger partial charge in [0.15, 0.2) is 11.6 Å². The smallest absolute Gasteiger partial charge is 0.351 e. The standard InChI is InChI=1S/C26H32N6O4/c1-18-16-30(4)10-11-31(18)32-17-21(15-29-32)20-13-23(24(27)28-14-20)36-26(34,35)22-7-5-6-19(12-22)8-9-25(2,3)33/h5-7,12-15,17-18,33-35H,10-11,16H2,1-4H3,(H2,27,28). The molecule has 190 valence electrons. The molecule has 5 N–H and O–H groups in total. The third-order valence-corrected chi connectivity index (χ3v) is 5.85. The number of nitrogens with zero attached hydrogens (tertiary/aromatic N) is 5. The molecule has 1 fully saturated rings. The van der Waals surface area contributed by atoms with E-state index in [2.05, 4.69) is 45.8 Å². The van der Waals surface area contributed by atoms with E-state index in [1.807, 2.05) is 11.0 Å². The number of rotatable bonds is 5. The summed E-state index contributed by atoms with van der Waals surface area (Å²) in [7, 11) is 2.10. The highest BCUT2D eigenvalue weighted by molar-refractivity contribution is 5.66. The number of hydrogen-bond donors (Lipinski definition) is 4. The lowest BCUT2D eigenvalue weighted by Crippen LogP contribution is -2.55. The summed E-state index contributed by atoms with van der Waals surface area (Å²) in [5, 5.41) is 38.0. The molecule has 2 aromatic heterocycles. The molecule has 1 aliphatic rings. The number of hydrogen-bond acceptors (Lipinski definition) is 9. The first-order valence-corrected chi connectivity index (χ1v) is 11.7. The largest absolute Gasteiger partial charge is 0.432 e. The maximum Gasteiger partial charge on any atom is 0.351 e. The zero-order chi connectivity index (χ0) is 26.1. The predicted molar refractivity (Wildman–Crippen MR) is 136 cm³/mol. The first-order valence-electron chi connectivity index (χ1n) is 11.7. The van der Waals surface area contributed by atoms with Crippen molar-refractivity contribution < 1.29 is 20.1 Å². The van der Waals surface area contributed by atoms with E-state index < -0.39 is 11.6 Å². The van der Waals surface area contributed by atoms with Crippen molar-refractivity contribution >= 4 is 5.82 Å². The normalized spacial score (nSPS) is 17.0. The molecule has 0 spiro atoms. The first kappa shape index (κ1) is 25.5. The molecule has 0 saturated carbocycles. The van der Waals surface area contributed by atoms with Crippen LogP contribution in [-0.4, -0.2) is 73.4 Å². The SMILES string of the molecule is CC1CN(C)CCN1n1cc(-c2cnc(N)c(OC(O)(O)c3cccc(C#CC(C)(C)O)c3)c2)cn1. The molecule has 0 amide bonds. The van der Waals surface area contributed by atoms with Crippen molar-refractivity contribution in [3.63, 3.8) is 0 Å². The topological polar surface area (TPSA) is 133 Å². The Morgan fingerprint density at radius 1 is 1.11 bits per heavy atom. The molecule has 0 radical (unpaired) electrons. The number of nitrogens with two attached hydrogens (primary N) is 1. The van der Waals surface area contributed by atoms with Gasteiger partial charge in [0.25, 0.3) is 0 Å². The van der Waals surface area contributed by atoms with Crippen molar-refractivity contribution in [2.24, 2.45) is 0 Å². The Morgan fingerprint density at radius 2 is 1.89 bits per heavy atom. The van der Waals surface area contributed by atoms with Gasteiger partial charge in [0.2, 0.25) is 0 Å². The summed E-state index contributed by atoms with van der Waals surface area (Å²) in [5.74, 6) is 2.81. The number of benzene rings is 1. The Hall–Kier alpha value is -3.62. The van der Waals surface area contributed by atoms with Crippen molar-refractivity contribution in [1.82, 2.24) is 19.8 Å². The number of pyridine rings is 1. The van der Waals surface area contributed by atoms with E-state index in [9.17, 15) is 15.3 Å². The van der Waals surface area contributed by atoms with Gasteiger partial charge in [0.1, 0.15) is 5.60 Å². The number of aromatic nitrogens is 3. The highest BCUT2D eigenvalue weighted by atomic mass is 16.8. The third kappa shape index (κ3) is 5.95. The molecule has 1 saturated heterocycles. The fraction of sp³-hybridized carbons (Fsp3) is 0.385. The average molecular weight is 493 g/mol. The van der Waals surface area contributed by atoms with Crippen LogP contribution in [0.15, 0.2) is 48.9 Å². The second-order valence-corrected chi connectivity index (χ2v) is 9.63. The number of piperazine rings is 1. The maximum atomic E-state index is 10.7. The highest BCUT2D eigenvalue weighted by Crippen LogP contribution is 2.31. The number of likely N-dealkylation sites (N-methyl/N-ethyl adjacent to an activating group) is 1. The van der Waals surface area contributed by atoms with Gasteiger partial charge in [-0.3, -0.25) is 5.01 Å². The van der Waals surface area contributed by atoms with Gasteiger partial charge >= 0.3 is 5.97 Å². The summed E-state index contributed by atoms with van der Waals surface area (Å²) in [5.41, 5.74) is 6.78. The molecule has 1 atom stereocenters. The number of ether oxygens (including phenoxy) is 1. The predicted octanol–water partition coefficient (Wildman–Crippen LogP) is 1.10. The van der Waals surface area contributed by atoms with Gasteiger partial charge in [-0.25, -0.2) is 4.98 Å². The molecule has 1 unspecified atom stereocenters. The van der Waals surface area contributed by atoms with Crippen LogP contribution in [0.2, 0.25) is 0 Å². The van der Waals surface area contributed by atoms with Gasteiger partial charge in [-0.2, -0.15) is 9.89 Å². The molecule has 10 nitrogen and oxygen atoms in total. The summed E-state index contributed by atoms with van der Waals surface area (Å²) >= 11 is 0. The van der Waals surface area contributed by atoms with Crippen molar-refractivity contribution in [3.8, 4) is 28.7 Å². The molecular weight excluding hydrogens is 460 g/mol. The molecule has 3 aromatic rings. The Balaban J connectivity index is 1.56. The van der Waals surface area contributed by atoms with Crippen LogP contribution in [-0.2, 0) is 5.97 Å². The van der Waals surface area contributed by atoms with Crippen LogP contribution in [0.5, 0.6) is 5.75 Å². The second-order valence-electron chi connectivity index (χ2n) is 9.63. The molecule has 1 aromatic carbocycles. The van der Waals surface area contributed by atoms with Crippen LogP contribution in [0.4, 0.5) is 5.82 Å². The minimum Gasteiger partial charge on any atom is -0.432 e. The van der Waals surface area contributed by atoms with Crippen molar-refractivity contribution in [2.75, 3.05) is 37.4 Å². The zero-order valence-corrected chi connectivity index (χ0v) is 20.9. The lowest BCUT2D eigenvalue weighted by Gasteiger charge is -2.39. The van der Waals surface area contributed by atoms with Gasteiger partial charge in [0, 0.05) is 42.5 Å². The van der Waals surface area contributed by atoms with E-state index in [0.29, 0.717) is 17.2 Å². The van der Waals surface area contributed by atoms with E-state index in [1.165, 1.54) is 12.1 Å². The van der Waals surface area contributed by atoms with E-state index in [4.69, 9.17) is 10.5 Å². The number of aliphatic hydroxyl groups is 3. The average Bonchev–Trinajstić information content (AvgIpc) is 3.29. The molecule has 4 rings (SSSR count). The first-order chi connectivity index (χ1) is 16.9. The fourth-order valence-electron chi connectivity index (χ4n) is 3.97. The molecule has 1 aliphatic heterocycles. The molecule has 3 heterocycles. The third-order valence-electron chi connectivity index (χ3n) is 5.85. The van der Waals surface area contributed by atoms with Crippen LogP contribution in [0, 0.1) is 11.8 Å². The van der Waals surface area contributed by atoms with Crippen LogP contribution in [0.1, 0.15) is 31.9 Å². The van der Waals surface area contributed by atoms with Crippen LogP contribution < -0.4 is 15.5 Å². The maximum absolute atomic E-state index is 10.7. The van der Waals surface area contributed by atoms with Crippen molar-refractivity contribution in [3.05, 3.63) is 60.0 Å². The molecule has 36 heavy (non-hydrogen) atoms. The van der Waals surface area contributed by atoms with E-state index >= 15 is 0 Å². The summed E-state index contributed by atoms with van der Waals surface area (Å²) in [6, 6.07) is 8.15. The molecular formula is C26H32N6O4. The molecule has 10 heteroatoms. The van der Waals surface area contributed by atoms with Gasteiger partial charge in [-0.05, 0) is 52.1 Å². The van der Waals surface area contributed by atoms with Crippen LogP contribution in [0.25, 0.3) is 11.1 Å². The summed E-state index contributed by atoms with van der Waals surface area (Å²) in [4.78, 5) is 8.29. The molecule has 0 bridgehead atoms. The Morgan fingerprint density at radius 3 is 2.61 bits per heavy atom. The highest BCUT2D eigenvalue weighted by Gasteiger charge is 2.30. The Labute approximate surface area is 210 Å². The number of nitrogen functional groups attached to an aromatic ring is 1. The number of anilines is 1. The van der Waals surface area contributed by atoms with E-state index in [1.54, 1.807) is 44.4 Å². The lowest BCUT2D eigenvalue weighted by atomic mass is 10.1. The van der Waals surface area contributed by atoms with Gasteiger partial charge in [-0.1, -0.05) is 17.9 Å².